The van der Waals surface area contributed by atoms with Gasteiger partial charge in [-0.1, -0.05) is 25.0 Å². The SMILES string of the molecule is Cc1ccnn1-c1cccc(NC(=O)NCc2ccc(N3CCCCCC3)nc2)c1. The number of hydrogen-bond acceptors (Lipinski definition) is 4. The van der Waals surface area contributed by atoms with Crippen molar-refractivity contribution in [2.75, 3.05) is 23.3 Å². The van der Waals surface area contributed by atoms with Gasteiger partial charge in [-0.3, -0.25) is 0 Å². The van der Waals surface area contributed by atoms with Crippen LogP contribution in [0.4, 0.5) is 16.3 Å². The zero-order chi connectivity index (χ0) is 20.8. The van der Waals surface area contributed by atoms with E-state index in [0.29, 0.717) is 6.54 Å². The predicted octanol–water partition coefficient (Wildman–Crippen LogP) is 4.28. The average Bonchev–Trinajstić information content (AvgIpc) is 3.01. The van der Waals surface area contributed by atoms with E-state index in [1.54, 1.807) is 6.20 Å². The maximum absolute atomic E-state index is 12.3. The summed E-state index contributed by atoms with van der Waals surface area (Å²) in [4.78, 5) is 19.3. The Labute approximate surface area is 177 Å². The van der Waals surface area contributed by atoms with Gasteiger partial charge in [0.2, 0.25) is 0 Å². The van der Waals surface area contributed by atoms with Gasteiger partial charge in [0, 0.05) is 43.4 Å². The van der Waals surface area contributed by atoms with Crippen LogP contribution in [0.15, 0.2) is 54.9 Å². The van der Waals surface area contributed by atoms with E-state index in [1.165, 1.54) is 25.7 Å². The zero-order valence-corrected chi connectivity index (χ0v) is 17.3. The van der Waals surface area contributed by atoms with Crippen molar-refractivity contribution in [3.63, 3.8) is 0 Å². The molecule has 1 saturated heterocycles. The lowest BCUT2D eigenvalue weighted by molar-refractivity contribution is 0.251. The fraction of sp³-hybridized carbons (Fsp3) is 0.348. The normalized spacial score (nSPS) is 14.2. The van der Waals surface area contributed by atoms with E-state index in [2.05, 4.69) is 31.7 Å². The Morgan fingerprint density at radius 1 is 1.07 bits per heavy atom. The van der Waals surface area contributed by atoms with Crippen LogP contribution in [0.2, 0.25) is 0 Å². The number of aryl methyl sites for hydroxylation is 1. The molecule has 0 spiro atoms. The van der Waals surface area contributed by atoms with E-state index in [4.69, 9.17) is 0 Å². The van der Waals surface area contributed by atoms with Gasteiger partial charge in [-0.05, 0) is 55.7 Å². The van der Waals surface area contributed by atoms with Crippen LogP contribution in [-0.4, -0.2) is 33.9 Å². The molecule has 30 heavy (non-hydrogen) atoms. The van der Waals surface area contributed by atoms with Crippen molar-refractivity contribution in [2.45, 2.75) is 39.2 Å². The minimum Gasteiger partial charge on any atom is -0.357 e. The van der Waals surface area contributed by atoms with E-state index in [1.807, 2.05) is 54.2 Å². The molecule has 1 fully saturated rings. The molecule has 4 rings (SSSR count). The van der Waals surface area contributed by atoms with Crippen LogP contribution in [0, 0.1) is 6.92 Å². The number of rotatable bonds is 5. The molecule has 2 amide bonds. The fourth-order valence-corrected chi connectivity index (χ4v) is 3.72. The first-order chi connectivity index (χ1) is 14.7. The van der Waals surface area contributed by atoms with Crippen molar-refractivity contribution in [3.05, 3.63) is 66.1 Å². The number of pyridine rings is 1. The molecule has 0 atom stereocenters. The minimum atomic E-state index is -0.249. The number of benzene rings is 1. The van der Waals surface area contributed by atoms with Gasteiger partial charge in [-0.15, -0.1) is 0 Å². The number of carbonyl (C=O) groups excluding carboxylic acids is 1. The molecule has 1 aromatic carbocycles. The molecule has 7 nitrogen and oxygen atoms in total. The Hall–Kier alpha value is -3.35. The Morgan fingerprint density at radius 3 is 2.60 bits per heavy atom. The van der Waals surface area contributed by atoms with Crippen molar-refractivity contribution < 1.29 is 4.79 Å². The van der Waals surface area contributed by atoms with Gasteiger partial charge in [0.15, 0.2) is 0 Å². The van der Waals surface area contributed by atoms with Crippen LogP contribution in [-0.2, 0) is 6.54 Å². The summed E-state index contributed by atoms with van der Waals surface area (Å²) in [7, 11) is 0. The third-order valence-corrected chi connectivity index (χ3v) is 5.37. The summed E-state index contributed by atoms with van der Waals surface area (Å²) in [5.74, 6) is 1.02. The number of urea groups is 1. The number of carbonyl (C=O) groups is 1. The molecular formula is C23H28N6O. The summed E-state index contributed by atoms with van der Waals surface area (Å²) in [6.07, 6.45) is 8.67. The number of nitrogens with zero attached hydrogens (tertiary/aromatic N) is 4. The lowest BCUT2D eigenvalue weighted by atomic mass is 10.2. The summed E-state index contributed by atoms with van der Waals surface area (Å²) in [6, 6.07) is 13.4. The number of aromatic nitrogens is 3. The second-order valence-corrected chi connectivity index (χ2v) is 7.67. The van der Waals surface area contributed by atoms with Crippen molar-refractivity contribution in [2.24, 2.45) is 0 Å². The Kier molecular flexibility index (Phi) is 6.27. The first-order valence-corrected chi connectivity index (χ1v) is 10.5. The van der Waals surface area contributed by atoms with Gasteiger partial charge in [-0.25, -0.2) is 14.5 Å². The number of amides is 2. The van der Waals surface area contributed by atoms with Gasteiger partial charge in [0.1, 0.15) is 5.82 Å². The predicted molar refractivity (Wildman–Crippen MR) is 119 cm³/mol. The number of hydrogen-bond donors (Lipinski definition) is 2. The minimum absolute atomic E-state index is 0.249. The van der Waals surface area contributed by atoms with Crippen molar-refractivity contribution in [1.29, 1.82) is 0 Å². The molecule has 0 unspecified atom stereocenters. The molecule has 3 aromatic rings. The second-order valence-electron chi connectivity index (χ2n) is 7.67. The van der Waals surface area contributed by atoms with Crippen LogP contribution < -0.4 is 15.5 Å². The third kappa shape index (κ3) is 4.97. The Bertz CT molecular complexity index is 973. The van der Waals surface area contributed by atoms with Gasteiger partial charge < -0.3 is 15.5 Å². The summed E-state index contributed by atoms with van der Waals surface area (Å²) in [5.41, 5.74) is 3.63. The molecule has 1 aliphatic rings. The van der Waals surface area contributed by atoms with Crippen LogP contribution in [0.25, 0.3) is 5.69 Å². The highest BCUT2D eigenvalue weighted by Crippen LogP contribution is 2.18. The zero-order valence-electron chi connectivity index (χ0n) is 17.3. The monoisotopic (exact) mass is 404 g/mol. The standard InChI is InChI=1S/C23H28N6O/c1-18-11-12-26-29(18)21-8-6-7-20(15-21)27-23(30)25-17-19-9-10-22(24-16-19)28-13-4-2-3-5-14-28/h6-12,15-16H,2-5,13-14,17H2,1H3,(H2,25,27,30). The lowest BCUT2D eigenvalue weighted by Crippen LogP contribution is -2.28. The fourth-order valence-electron chi connectivity index (χ4n) is 3.72. The quantitative estimate of drug-likeness (QED) is 0.666. The van der Waals surface area contributed by atoms with Crippen LogP contribution >= 0.6 is 0 Å². The molecular weight excluding hydrogens is 376 g/mol. The van der Waals surface area contributed by atoms with Gasteiger partial charge in [0.05, 0.1) is 5.69 Å². The van der Waals surface area contributed by atoms with Gasteiger partial charge in [0.25, 0.3) is 0 Å². The molecule has 0 aliphatic carbocycles. The first kappa shape index (κ1) is 19.9. The number of anilines is 2. The topological polar surface area (TPSA) is 75.1 Å². The van der Waals surface area contributed by atoms with Crippen LogP contribution in [0.3, 0.4) is 0 Å². The van der Waals surface area contributed by atoms with Crippen LogP contribution in [0.1, 0.15) is 36.9 Å². The molecule has 2 N–H and O–H groups in total. The molecule has 0 radical (unpaired) electrons. The molecule has 1 aliphatic heterocycles. The Morgan fingerprint density at radius 2 is 1.90 bits per heavy atom. The average molecular weight is 405 g/mol. The van der Waals surface area contributed by atoms with E-state index in [0.717, 1.165) is 41.5 Å². The second kappa shape index (κ2) is 9.43. The van der Waals surface area contributed by atoms with Crippen molar-refractivity contribution in [1.82, 2.24) is 20.1 Å². The van der Waals surface area contributed by atoms with Crippen molar-refractivity contribution >= 4 is 17.5 Å². The maximum Gasteiger partial charge on any atom is 0.319 e. The number of nitrogens with one attached hydrogen (secondary N) is 2. The summed E-state index contributed by atoms with van der Waals surface area (Å²) in [5, 5.41) is 10.1. The molecule has 156 valence electrons. The molecule has 7 heteroatoms. The van der Waals surface area contributed by atoms with E-state index < -0.39 is 0 Å². The molecule has 3 heterocycles. The summed E-state index contributed by atoms with van der Waals surface area (Å²) in [6.45, 7) is 4.57. The van der Waals surface area contributed by atoms with E-state index in [9.17, 15) is 4.79 Å². The highest BCUT2D eigenvalue weighted by Gasteiger charge is 2.11. The smallest absolute Gasteiger partial charge is 0.319 e. The lowest BCUT2D eigenvalue weighted by Gasteiger charge is -2.21. The first-order valence-electron chi connectivity index (χ1n) is 10.5. The molecule has 0 saturated carbocycles. The maximum atomic E-state index is 12.3. The highest BCUT2D eigenvalue weighted by atomic mass is 16.2. The summed E-state index contributed by atoms with van der Waals surface area (Å²) >= 11 is 0. The Balaban J connectivity index is 1.31. The van der Waals surface area contributed by atoms with E-state index in [-0.39, 0.29) is 6.03 Å². The third-order valence-electron chi connectivity index (χ3n) is 5.37. The largest absolute Gasteiger partial charge is 0.357 e. The molecule has 0 bridgehead atoms. The summed E-state index contributed by atoms with van der Waals surface area (Å²) < 4.78 is 1.83. The molecule has 2 aromatic heterocycles. The van der Waals surface area contributed by atoms with Gasteiger partial charge in [-0.2, -0.15) is 5.10 Å². The van der Waals surface area contributed by atoms with Crippen LogP contribution in [0.5, 0.6) is 0 Å². The van der Waals surface area contributed by atoms with Gasteiger partial charge >= 0.3 is 6.03 Å². The van der Waals surface area contributed by atoms with E-state index >= 15 is 0 Å². The highest BCUT2D eigenvalue weighted by molar-refractivity contribution is 5.89. The van der Waals surface area contributed by atoms with Crippen molar-refractivity contribution in [3.8, 4) is 5.69 Å².